The van der Waals surface area contributed by atoms with Crippen LogP contribution in [0, 0.1) is 0 Å². The Morgan fingerprint density at radius 3 is 3.08 bits per heavy atom. The highest BCUT2D eigenvalue weighted by molar-refractivity contribution is 6.32. The summed E-state index contributed by atoms with van der Waals surface area (Å²) in [4.78, 5) is 0. The highest BCUT2D eigenvalue weighted by atomic mass is 35.5. The fraction of sp³-hybridized carbons (Fsp3) is 0.400. The Morgan fingerprint density at radius 1 is 1.54 bits per heavy atom. The summed E-state index contributed by atoms with van der Waals surface area (Å²) in [6, 6.07) is 3.95. The molecule has 2 rings (SSSR count). The lowest BCUT2D eigenvalue weighted by molar-refractivity contribution is 0.442. The third-order valence-electron chi connectivity index (χ3n) is 2.54. The van der Waals surface area contributed by atoms with Crippen molar-refractivity contribution in [2.45, 2.75) is 19.4 Å². The van der Waals surface area contributed by atoms with Gasteiger partial charge in [-0.2, -0.15) is 0 Å². The molecule has 1 aromatic carbocycles. The van der Waals surface area contributed by atoms with Crippen LogP contribution in [0.4, 0.5) is 0 Å². The monoisotopic (exact) mass is 197 g/mol. The first-order valence-corrected chi connectivity index (χ1v) is 4.81. The summed E-state index contributed by atoms with van der Waals surface area (Å²) in [5, 5.41) is 13.5. The molecule has 3 heteroatoms. The van der Waals surface area contributed by atoms with Crippen molar-refractivity contribution in [2.75, 3.05) is 6.54 Å². The molecule has 2 nitrogen and oxygen atoms in total. The number of fused-ring (bicyclic) bond motifs is 1. The third-order valence-corrected chi connectivity index (χ3v) is 2.84. The molecular formula is C10H12ClNO. The van der Waals surface area contributed by atoms with Crippen molar-refractivity contribution < 1.29 is 5.11 Å². The molecule has 0 fully saturated rings. The first-order chi connectivity index (χ1) is 6.20. The van der Waals surface area contributed by atoms with Crippen molar-refractivity contribution >= 4 is 11.6 Å². The van der Waals surface area contributed by atoms with Gasteiger partial charge in [0.2, 0.25) is 0 Å². The minimum atomic E-state index is 0.197. The van der Waals surface area contributed by atoms with Crippen molar-refractivity contribution in [1.29, 1.82) is 0 Å². The third kappa shape index (κ3) is 1.40. The van der Waals surface area contributed by atoms with Gasteiger partial charge in [-0.15, -0.1) is 0 Å². The van der Waals surface area contributed by atoms with Crippen LogP contribution in [-0.2, 0) is 6.42 Å². The normalized spacial score (nSPS) is 21.2. The highest BCUT2D eigenvalue weighted by Gasteiger charge is 2.20. The van der Waals surface area contributed by atoms with Crippen molar-refractivity contribution in [2.24, 2.45) is 0 Å². The number of phenolic OH excluding ortho intramolecular Hbond substituents is 1. The van der Waals surface area contributed by atoms with Gasteiger partial charge >= 0.3 is 0 Å². The molecule has 0 radical (unpaired) electrons. The van der Waals surface area contributed by atoms with E-state index in [1.807, 2.05) is 13.0 Å². The number of hydrogen-bond acceptors (Lipinski definition) is 2. The first-order valence-electron chi connectivity index (χ1n) is 4.44. The Balaban J connectivity index is 2.58. The van der Waals surface area contributed by atoms with Crippen molar-refractivity contribution in [3.05, 3.63) is 28.3 Å². The predicted molar refractivity (Wildman–Crippen MR) is 53.2 cm³/mol. The number of aromatic hydroxyl groups is 1. The average molecular weight is 198 g/mol. The largest absolute Gasteiger partial charge is 0.506 e. The maximum absolute atomic E-state index is 9.74. The number of phenols is 1. The highest BCUT2D eigenvalue weighted by Crippen LogP contribution is 2.36. The second-order valence-corrected chi connectivity index (χ2v) is 3.80. The van der Waals surface area contributed by atoms with E-state index >= 15 is 0 Å². The van der Waals surface area contributed by atoms with Gasteiger partial charge < -0.3 is 10.4 Å². The van der Waals surface area contributed by atoms with Gasteiger partial charge in [-0.25, -0.2) is 0 Å². The molecule has 2 N–H and O–H groups in total. The molecule has 0 bridgehead atoms. The Hall–Kier alpha value is -0.730. The quantitative estimate of drug-likeness (QED) is 0.669. The van der Waals surface area contributed by atoms with E-state index in [1.54, 1.807) is 6.07 Å². The molecule has 0 aliphatic carbocycles. The van der Waals surface area contributed by atoms with E-state index in [0.29, 0.717) is 5.02 Å². The zero-order chi connectivity index (χ0) is 9.42. The molecule has 0 spiro atoms. The fourth-order valence-electron chi connectivity index (χ4n) is 1.85. The molecule has 13 heavy (non-hydrogen) atoms. The van der Waals surface area contributed by atoms with Crippen LogP contribution in [0.1, 0.15) is 24.1 Å². The summed E-state index contributed by atoms with van der Waals surface area (Å²) in [6.45, 7) is 3.00. The molecular weight excluding hydrogens is 186 g/mol. The van der Waals surface area contributed by atoms with Crippen LogP contribution in [0.5, 0.6) is 5.75 Å². The van der Waals surface area contributed by atoms with Crippen molar-refractivity contribution in [3.63, 3.8) is 0 Å². The van der Waals surface area contributed by atoms with Crippen LogP contribution in [0.25, 0.3) is 0 Å². The molecule has 70 valence electrons. The summed E-state index contributed by atoms with van der Waals surface area (Å²) in [6.07, 6.45) is 0.963. The van der Waals surface area contributed by atoms with Crippen LogP contribution >= 0.6 is 11.6 Å². The van der Waals surface area contributed by atoms with Crippen molar-refractivity contribution in [3.8, 4) is 5.75 Å². The second-order valence-electron chi connectivity index (χ2n) is 3.39. The van der Waals surface area contributed by atoms with Gasteiger partial charge in [0.05, 0.1) is 5.02 Å². The Kier molecular flexibility index (Phi) is 2.18. The SMILES string of the molecule is CC1NCCc2ccc(Cl)c(O)c21. The second kappa shape index (κ2) is 3.20. The minimum Gasteiger partial charge on any atom is -0.506 e. The Bertz CT molecular complexity index is 338. The lowest BCUT2D eigenvalue weighted by Crippen LogP contribution is -2.27. The fourth-order valence-corrected chi connectivity index (χ4v) is 2.01. The number of halogens is 1. The molecule has 1 heterocycles. The van der Waals surface area contributed by atoms with E-state index < -0.39 is 0 Å². The molecule has 1 atom stereocenters. The van der Waals surface area contributed by atoms with Crippen LogP contribution in [0.15, 0.2) is 12.1 Å². The minimum absolute atomic E-state index is 0.197. The molecule has 1 aromatic rings. The maximum atomic E-state index is 9.74. The zero-order valence-electron chi connectivity index (χ0n) is 7.47. The van der Waals surface area contributed by atoms with Gasteiger partial charge in [-0.05, 0) is 31.5 Å². The van der Waals surface area contributed by atoms with Gasteiger partial charge in [-0.3, -0.25) is 0 Å². The van der Waals surface area contributed by atoms with E-state index in [0.717, 1.165) is 18.5 Å². The number of benzene rings is 1. The van der Waals surface area contributed by atoms with E-state index in [4.69, 9.17) is 11.6 Å². The average Bonchev–Trinajstić information content (AvgIpc) is 2.12. The number of hydrogen-bond donors (Lipinski definition) is 2. The Morgan fingerprint density at radius 2 is 2.31 bits per heavy atom. The topological polar surface area (TPSA) is 32.3 Å². The van der Waals surface area contributed by atoms with Crippen LogP contribution in [-0.4, -0.2) is 11.7 Å². The number of rotatable bonds is 0. The summed E-state index contributed by atoms with van der Waals surface area (Å²) >= 11 is 5.83. The zero-order valence-corrected chi connectivity index (χ0v) is 8.23. The Labute approximate surface area is 82.5 Å². The molecule has 0 amide bonds. The van der Waals surface area contributed by atoms with E-state index in [9.17, 15) is 5.11 Å². The van der Waals surface area contributed by atoms with Crippen LogP contribution in [0.3, 0.4) is 0 Å². The molecule has 1 aliphatic heterocycles. The smallest absolute Gasteiger partial charge is 0.139 e. The predicted octanol–water partition coefficient (Wildman–Crippen LogP) is 2.25. The van der Waals surface area contributed by atoms with Gasteiger partial charge in [-0.1, -0.05) is 17.7 Å². The standard InChI is InChI=1S/C10H12ClNO/c1-6-9-7(4-5-12-6)2-3-8(11)10(9)13/h2-3,6,12-13H,4-5H2,1H3. The summed E-state index contributed by atoms with van der Waals surface area (Å²) < 4.78 is 0. The van der Waals surface area contributed by atoms with Gasteiger partial charge in [0.25, 0.3) is 0 Å². The maximum Gasteiger partial charge on any atom is 0.139 e. The van der Waals surface area contributed by atoms with Gasteiger partial charge in [0.1, 0.15) is 5.75 Å². The lowest BCUT2D eigenvalue weighted by Gasteiger charge is -2.24. The van der Waals surface area contributed by atoms with E-state index in [2.05, 4.69) is 5.32 Å². The van der Waals surface area contributed by atoms with E-state index in [-0.39, 0.29) is 11.8 Å². The van der Waals surface area contributed by atoms with E-state index in [1.165, 1.54) is 5.56 Å². The van der Waals surface area contributed by atoms with Gasteiger partial charge in [0, 0.05) is 11.6 Å². The molecule has 0 aromatic heterocycles. The van der Waals surface area contributed by atoms with Crippen LogP contribution in [0.2, 0.25) is 5.02 Å². The summed E-state index contributed by atoms with van der Waals surface area (Å²) in [5.74, 6) is 0.235. The molecule has 0 saturated heterocycles. The van der Waals surface area contributed by atoms with Crippen molar-refractivity contribution in [1.82, 2.24) is 5.32 Å². The summed E-state index contributed by atoms with van der Waals surface area (Å²) in [5.41, 5.74) is 2.16. The molecule has 1 aliphatic rings. The first kappa shape index (κ1) is 8.85. The van der Waals surface area contributed by atoms with Gasteiger partial charge in [0.15, 0.2) is 0 Å². The molecule has 1 unspecified atom stereocenters. The molecule has 0 saturated carbocycles. The summed E-state index contributed by atoms with van der Waals surface area (Å²) in [7, 11) is 0. The van der Waals surface area contributed by atoms with Crippen LogP contribution < -0.4 is 5.32 Å². The lowest BCUT2D eigenvalue weighted by atomic mass is 9.94. The number of nitrogens with one attached hydrogen (secondary N) is 1.